The van der Waals surface area contributed by atoms with Crippen LogP contribution in [0.3, 0.4) is 0 Å². The molecule has 0 aliphatic carbocycles. The second-order valence-electron chi connectivity index (χ2n) is 4.11. The number of halogens is 1. The predicted octanol–water partition coefficient (Wildman–Crippen LogP) is 3.30. The van der Waals surface area contributed by atoms with Crippen LogP contribution in [0.15, 0.2) is 42.6 Å². The van der Waals surface area contributed by atoms with Crippen LogP contribution < -0.4 is 5.73 Å². The highest BCUT2D eigenvalue weighted by Crippen LogP contribution is 2.21. The number of hydrogen-bond donors (Lipinski definition) is 1. The third-order valence-corrected chi connectivity index (χ3v) is 3.05. The number of benzene rings is 1. The predicted molar refractivity (Wildman–Crippen MR) is 72.8 cm³/mol. The van der Waals surface area contributed by atoms with Gasteiger partial charge < -0.3 is 5.73 Å². The van der Waals surface area contributed by atoms with Crippen LogP contribution in [0.1, 0.15) is 28.9 Å². The van der Waals surface area contributed by atoms with Crippen LogP contribution in [0, 0.1) is 0 Å². The Morgan fingerprint density at radius 2 is 1.89 bits per heavy atom. The summed E-state index contributed by atoms with van der Waals surface area (Å²) in [7, 11) is 0. The Labute approximate surface area is 111 Å². The molecular formula is C14H13ClN2O. The molecule has 0 saturated carbocycles. The summed E-state index contributed by atoms with van der Waals surface area (Å²) in [5, 5.41) is 0.656. The van der Waals surface area contributed by atoms with Crippen LogP contribution in [0.5, 0.6) is 0 Å². The molecule has 92 valence electrons. The number of nitrogen functional groups attached to an aromatic ring is 1. The fourth-order valence-electron chi connectivity index (χ4n) is 1.68. The van der Waals surface area contributed by atoms with Crippen molar-refractivity contribution >= 4 is 23.1 Å². The number of carbonyl (C=O) groups excluding carboxylic acids is 1. The average molecular weight is 261 g/mol. The number of anilines is 1. The molecule has 2 rings (SSSR count). The van der Waals surface area contributed by atoms with Crippen molar-refractivity contribution in [3.63, 3.8) is 0 Å². The van der Waals surface area contributed by atoms with Gasteiger partial charge in [0.25, 0.3) is 0 Å². The molecule has 0 saturated heterocycles. The number of carbonyl (C=O) groups is 1. The van der Waals surface area contributed by atoms with Crippen molar-refractivity contribution in [2.75, 3.05) is 5.73 Å². The van der Waals surface area contributed by atoms with Gasteiger partial charge in [-0.1, -0.05) is 30.7 Å². The Balaban J connectivity index is 2.23. The molecule has 0 bridgehead atoms. The molecule has 1 aromatic heterocycles. The lowest BCUT2D eigenvalue weighted by molar-refractivity contribution is 0.0961. The molecule has 0 amide bonds. The van der Waals surface area contributed by atoms with Gasteiger partial charge >= 0.3 is 0 Å². The largest absolute Gasteiger partial charge is 0.397 e. The van der Waals surface area contributed by atoms with Crippen LogP contribution >= 0.6 is 11.6 Å². The molecule has 0 aliphatic rings. The normalized spacial score (nSPS) is 12.1. The van der Waals surface area contributed by atoms with E-state index in [2.05, 4.69) is 4.98 Å². The van der Waals surface area contributed by atoms with E-state index in [1.54, 1.807) is 24.3 Å². The van der Waals surface area contributed by atoms with Crippen LogP contribution in [-0.2, 0) is 0 Å². The minimum atomic E-state index is -0.251. The van der Waals surface area contributed by atoms with Crippen LogP contribution in [0.4, 0.5) is 5.69 Å². The summed E-state index contributed by atoms with van der Waals surface area (Å²) in [6.07, 6.45) is 1.49. The molecule has 0 fully saturated rings. The standard InChI is InChI=1S/C14H13ClN2O/c1-9(10-2-4-11(15)5-3-10)14(18)13-7-6-12(16)8-17-13/h2-9H,16H2,1H3. The minimum absolute atomic E-state index is 0.0303. The molecule has 2 N–H and O–H groups in total. The lowest BCUT2D eigenvalue weighted by atomic mass is 9.95. The zero-order valence-corrected chi connectivity index (χ0v) is 10.7. The highest BCUT2D eigenvalue weighted by Gasteiger charge is 2.18. The van der Waals surface area contributed by atoms with E-state index >= 15 is 0 Å². The van der Waals surface area contributed by atoms with E-state index in [9.17, 15) is 4.79 Å². The Kier molecular flexibility index (Phi) is 3.63. The van der Waals surface area contributed by atoms with Gasteiger partial charge in [-0.05, 0) is 29.8 Å². The maximum Gasteiger partial charge on any atom is 0.188 e. The van der Waals surface area contributed by atoms with Crippen molar-refractivity contribution in [3.05, 3.63) is 58.9 Å². The second-order valence-corrected chi connectivity index (χ2v) is 4.55. The zero-order chi connectivity index (χ0) is 13.1. The number of nitrogens with two attached hydrogens (primary N) is 1. The fourth-order valence-corrected chi connectivity index (χ4v) is 1.80. The summed E-state index contributed by atoms with van der Waals surface area (Å²) in [4.78, 5) is 16.2. The van der Waals surface area contributed by atoms with Gasteiger partial charge in [0.05, 0.1) is 11.9 Å². The Bertz CT molecular complexity index is 549. The summed E-state index contributed by atoms with van der Waals surface area (Å²) < 4.78 is 0. The van der Waals surface area contributed by atoms with Gasteiger partial charge in [0, 0.05) is 10.9 Å². The first-order valence-corrected chi connectivity index (χ1v) is 5.97. The third kappa shape index (κ3) is 2.68. The van der Waals surface area contributed by atoms with Gasteiger partial charge in [0.2, 0.25) is 0 Å². The van der Waals surface area contributed by atoms with Crippen molar-refractivity contribution in [2.45, 2.75) is 12.8 Å². The lowest BCUT2D eigenvalue weighted by Gasteiger charge is -2.10. The minimum Gasteiger partial charge on any atom is -0.397 e. The van der Waals surface area contributed by atoms with Gasteiger partial charge in [-0.25, -0.2) is 0 Å². The quantitative estimate of drug-likeness (QED) is 0.862. The molecule has 1 atom stereocenters. The molecule has 18 heavy (non-hydrogen) atoms. The van der Waals surface area contributed by atoms with E-state index in [1.165, 1.54) is 6.20 Å². The van der Waals surface area contributed by atoms with Crippen LogP contribution in [0.25, 0.3) is 0 Å². The number of ketones is 1. The first kappa shape index (κ1) is 12.6. The van der Waals surface area contributed by atoms with Crippen molar-refractivity contribution in [3.8, 4) is 0 Å². The number of hydrogen-bond acceptors (Lipinski definition) is 3. The van der Waals surface area contributed by atoms with E-state index < -0.39 is 0 Å². The van der Waals surface area contributed by atoms with E-state index in [4.69, 9.17) is 17.3 Å². The molecule has 1 aromatic carbocycles. The molecule has 0 spiro atoms. The first-order chi connectivity index (χ1) is 8.58. The van der Waals surface area contributed by atoms with Crippen molar-refractivity contribution in [1.29, 1.82) is 0 Å². The smallest absolute Gasteiger partial charge is 0.188 e. The van der Waals surface area contributed by atoms with Crippen molar-refractivity contribution in [2.24, 2.45) is 0 Å². The summed E-state index contributed by atoms with van der Waals surface area (Å²) in [6, 6.07) is 10.6. The monoisotopic (exact) mass is 260 g/mol. The molecule has 3 nitrogen and oxygen atoms in total. The fraction of sp³-hybridized carbons (Fsp3) is 0.143. The molecule has 1 heterocycles. The SMILES string of the molecule is CC(C(=O)c1ccc(N)cn1)c1ccc(Cl)cc1. The van der Waals surface area contributed by atoms with Crippen LogP contribution in [-0.4, -0.2) is 10.8 Å². The summed E-state index contributed by atoms with van der Waals surface area (Å²) in [6.45, 7) is 1.85. The van der Waals surface area contributed by atoms with Gasteiger partial charge in [0.1, 0.15) is 5.69 Å². The Morgan fingerprint density at radius 1 is 1.22 bits per heavy atom. The third-order valence-electron chi connectivity index (χ3n) is 2.80. The number of rotatable bonds is 3. The average Bonchev–Trinajstić information content (AvgIpc) is 2.39. The molecule has 0 radical (unpaired) electrons. The van der Waals surface area contributed by atoms with E-state index in [1.807, 2.05) is 19.1 Å². The maximum atomic E-state index is 12.2. The highest BCUT2D eigenvalue weighted by molar-refractivity contribution is 6.30. The Morgan fingerprint density at radius 3 is 2.44 bits per heavy atom. The zero-order valence-electron chi connectivity index (χ0n) is 9.93. The van der Waals surface area contributed by atoms with Gasteiger partial charge in [-0.3, -0.25) is 9.78 Å². The number of aromatic nitrogens is 1. The molecule has 1 unspecified atom stereocenters. The highest BCUT2D eigenvalue weighted by atomic mass is 35.5. The number of pyridine rings is 1. The molecular weight excluding hydrogens is 248 g/mol. The maximum absolute atomic E-state index is 12.2. The molecule has 4 heteroatoms. The summed E-state index contributed by atoms with van der Waals surface area (Å²) in [5.41, 5.74) is 7.43. The van der Waals surface area contributed by atoms with E-state index in [-0.39, 0.29) is 11.7 Å². The Hall–Kier alpha value is -1.87. The van der Waals surface area contributed by atoms with Crippen molar-refractivity contribution < 1.29 is 4.79 Å². The lowest BCUT2D eigenvalue weighted by Crippen LogP contribution is -2.11. The second kappa shape index (κ2) is 5.19. The first-order valence-electron chi connectivity index (χ1n) is 5.59. The van der Waals surface area contributed by atoms with E-state index in [0.29, 0.717) is 16.4 Å². The van der Waals surface area contributed by atoms with Gasteiger partial charge in [-0.15, -0.1) is 0 Å². The summed E-state index contributed by atoms with van der Waals surface area (Å²) >= 11 is 5.82. The molecule has 0 aliphatic heterocycles. The van der Waals surface area contributed by atoms with E-state index in [0.717, 1.165) is 5.56 Å². The van der Waals surface area contributed by atoms with Gasteiger partial charge in [-0.2, -0.15) is 0 Å². The molecule has 2 aromatic rings. The number of Topliss-reactive ketones (excluding diaryl/α,β-unsaturated/α-hetero) is 1. The van der Waals surface area contributed by atoms with Crippen LogP contribution in [0.2, 0.25) is 5.02 Å². The van der Waals surface area contributed by atoms with Crippen molar-refractivity contribution in [1.82, 2.24) is 4.98 Å². The summed E-state index contributed by atoms with van der Waals surface area (Å²) in [5.74, 6) is -0.282. The van der Waals surface area contributed by atoms with Gasteiger partial charge in [0.15, 0.2) is 5.78 Å². The topological polar surface area (TPSA) is 56.0 Å². The number of nitrogens with zero attached hydrogens (tertiary/aromatic N) is 1.